The fraction of sp³-hybridized carbons (Fsp3) is 0.211. The number of nitrogens with one attached hydrogen (secondary N) is 2. The Bertz CT molecular complexity index is 883. The first kappa shape index (κ1) is 17.2. The molecule has 1 heterocycles. The lowest BCUT2D eigenvalue weighted by Gasteiger charge is -2.12. The van der Waals surface area contributed by atoms with Crippen LogP contribution in [0.4, 0.5) is 0 Å². The zero-order valence-electron chi connectivity index (χ0n) is 14.1. The highest BCUT2D eigenvalue weighted by Gasteiger charge is 2.17. The van der Waals surface area contributed by atoms with Gasteiger partial charge in [0.1, 0.15) is 17.1 Å². The van der Waals surface area contributed by atoms with Crippen molar-refractivity contribution in [2.75, 3.05) is 20.8 Å². The fourth-order valence-electron chi connectivity index (χ4n) is 2.84. The second-order valence-electron chi connectivity index (χ2n) is 5.55. The Balaban J connectivity index is 1.70. The molecule has 0 atom stereocenters. The van der Waals surface area contributed by atoms with E-state index in [9.17, 15) is 4.79 Å². The van der Waals surface area contributed by atoms with Crippen LogP contribution in [0, 0.1) is 0 Å². The van der Waals surface area contributed by atoms with E-state index in [2.05, 4.69) is 10.3 Å². The van der Waals surface area contributed by atoms with Crippen LogP contribution in [0.5, 0.6) is 11.5 Å². The molecular weight excluding hydrogens is 340 g/mol. The van der Waals surface area contributed by atoms with Gasteiger partial charge in [0.2, 0.25) is 0 Å². The van der Waals surface area contributed by atoms with E-state index in [1.54, 1.807) is 18.2 Å². The van der Waals surface area contributed by atoms with Gasteiger partial charge in [-0.15, -0.1) is 0 Å². The summed E-state index contributed by atoms with van der Waals surface area (Å²) < 4.78 is 10.5. The molecule has 6 heteroatoms. The average Bonchev–Trinajstić information content (AvgIpc) is 3.02. The summed E-state index contributed by atoms with van der Waals surface area (Å²) in [7, 11) is 3.06. The van der Waals surface area contributed by atoms with Gasteiger partial charge in [-0.1, -0.05) is 23.7 Å². The number of halogens is 1. The highest BCUT2D eigenvalue weighted by atomic mass is 35.5. The quantitative estimate of drug-likeness (QED) is 0.704. The Kier molecular flexibility index (Phi) is 5.14. The number of methoxy groups -OCH3 is 2. The van der Waals surface area contributed by atoms with E-state index in [-0.39, 0.29) is 5.91 Å². The molecule has 0 bridgehead atoms. The van der Waals surface area contributed by atoms with Crippen molar-refractivity contribution in [1.29, 1.82) is 0 Å². The molecule has 130 valence electrons. The van der Waals surface area contributed by atoms with Gasteiger partial charge in [0.25, 0.3) is 5.91 Å². The zero-order valence-corrected chi connectivity index (χ0v) is 14.8. The van der Waals surface area contributed by atoms with Crippen molar-refractivity contribution < 1.29 is 14.3 Å². The Labute approximate surface area is 150 Å². The first-order chi connectivity index (χ1) is 12.1. The van der Waals surface area contributed by atoms with Crippen molar-refractivity contribution in [2.45, 2.75) is 6.42 Å². The number of ether oxygens (including phenoxy) is 2. The number of amides is 1. The number of fused-ring (bicyclic) bond motifs is 1. The van der Waals surface area contributed by atoms with Crippen molar-refractivity contribution in [3.8, 4) is 11.5 Å². The second kappa shape index (κ2) is 7.49. The standard InChI is InChI=1S/C19H19ClN2O3/c1-24-16-4-3-5-17(25-2)18(16)19(23)21-9-8-12-11-22-15-10-13(20)6-7-14(12)15/h3-7,10-11,22H,8-9H2,1-2H3,(H,21,23). The predicted octanol–water partition coefficient (Wildman–Crippen LogP) is 3.81. The van der Waals surface area contributed by atoms with Crippen molar-refractivity contribution in [3.05, 3.63) is 58.7 Å². The molecule has 1 aromatic heterocycles. The monoisotopic (exact) mass is 358 g/mol. The highest BCUT2D eigenvalue weighted by molar-refractivity contribution is 6.31. The summed E-state index contributed by atoms with van der Waals surface area (Å²) in [6, 6.07) is 11.0. The number of aromatic amines is 1. The molecule has 2 N–H and O–H groups in total. The molecule has 5 nitrogen and oxygen atoms in total. The topological polar surface area (TPSA) is 63.4 Å². The molecule has 1 amide bonds. The summed E-state index contributed by atoms with van der Waals surface area (Å²) in [6.45, 7) is 0.496. The Morgan fingerprint density at radius 2 is 1.88 bits per heavy atom. The van der Waals surface area contributed by atoms with Gasteiger partial charge in [-0.05, 0) is 36.2 Å². The summed E-state index contributed by atoms with van der Waals surface area (Å²) in [5.74, 6) is 0.745. The lowest BCUT2D eigenvalue weighted by molar-refractivity contribution is 0.0948. The molecule has 3 rings (SSSR count). The van der Waals surface area contributed by atoms with Gasteiger partial charge in [0, 0.05) is 28.7 Å². The summed E-state index contributed by atoms with van der Waals surface area (Å²) in [5.41, 5.74) is 2.51. The van der Waals surface area contributed by atoms with Crippen LogP contribution >= 0.6 is 11.6 Å². The number of H-pyrrole nitrogens is 1. The van der Waals surface area contributed by atoms with Gasteiger partial charge in [-0.25, -0.2) is 0 Å². The number of carbonyl (C=O) groups is 1. The lowest BCUT2D eigenvalue weighted by atomic mass is 10.1. The number of aromatic nitrogens is 1. The summed E-state index contributed by atoms with van der Waals surface area (Å²) in [5, 5.41) is 4.72. The van der Waals surface area contributed by atoms with Crippen LogP contribution in [-0.2, 0) is 6.42 Å². The van der Waals surface area contributed by atoms with E-state index < -0.39 is 0 Å². The molecule has 0 aliphatic heterocycles. The van der Waals surface area contributed by atoms with E-state index in [4.69, 9.17) is 21.1 Å². The van der Waals surface area contributed by atoms with Crippen LogP contribution < -0.4 is 14.8 Å². The molecule has 0 spiro atoms. The van der Waals surface area contributed by atoms with E-state index in [1.807, 2.05) is 24.4 Å². The van der Waals surface area contributed by atoms with Gasteiger partial charge in [0.15, 0.2) is 0 Å². The molecule has 0 radical (unpaired) electrons. The number of benzene rings is 2. The number of hydrogen-bond donors (Lipinski definition) is 2. The van der Waals surface area contributed by atoms with Crippen molar-refractivity contribution in [2.24, 2.45) is 0 Å². The van der Waals surface area contributed by atoms with Gasteiger partial charge in [-0.2, -0.15) is 0 Å². The first-order valence-corrected chi connectivity index (χ1v) is 8.26. The molecule has 0 saturated heterocycles. The zero-order chi connectivity index (χ0) is 17.8. The maximum absolute atomic E-state index is 12.5. The van der Waals surface area contributed by atoms with Gasteiger partial charge in [0.05, 0.1) is 14.2 Å². The minimum atomic E-state index is -0.225. The van der Waals surface area contributed by atoms with Crippen LogP contribution in [0.15, 0.2) is 42.6 Å². The van der Waals surface area contributed by atoms with Crippen molar-refractivity contribution >= 4 is 28.4 Å². The molecule has 0 unspecified atom stereocenters. The van der Waals surface area contributed by atoms with Crippen LogP contribution in [0.25, 0.3) is 10.9 Å². The summed E-state index contributed by atoms with van der Waals surface area (Å²) in [4.78, 5) is 15.7. The molecular formula is C19H19ClN2O3. The molecule has 0 aliphatic carbocycles. The molecule has 3 aromatic rings. The Hall–Kier alpha value is -2.66. The third-order valence-electron chi connectivity index (χ3n) is 4.06. The third kappa shape index (κ3) is 3.56. The van der Waals surface area contributed by atoms with Crippen LogP contribution in [0.3, 0.4) is 0 Å². The van der Waals surface area contributed by atoms with Crippen molar-refractivity contribution in [3.63, 3.8) is 0 Å². The summed E-state index contributed by atoms with van der Waals surface area (Å²) in [6.07, 6.45) is 2.64. The molecule has 0 aliphatic rings. The van der Waals surface area contributed by atoms with E-state index >= 15 is 0 Å². The van der Waals surface area contributed by atoms with Gasteiger partial charge in [-0.3, -0.25) is 4.79 Å². The van der Waals surface area contributed by atoms with E-state index in [1.165, 1.54) is 14.2 Å². The normalized spacial score (nSPS) is 10.7. The van der Waals surface area contributed by atoms with E-state index in [0.717, 1.165) is 16.5 Å². The fourth-order valence-corrected chi connectivity index (χ4v) is 3.01. The Morgan fingerprint density at radius 1 is 1.16 bits per heavy atom. The number of rotatable bonds is 6. The molecule has 2 aromatic carbocycles. The SMILES string of the molecule is COc1cccc(OC)c1C(=O)NCCc1c[nH]c2cc(Cl)ccc12. The Morgan fingerprint density at radius 3 is 2.56 bits per heavy atom. The van der Waals surface area contributed by atoms with Gasteiger partial charge >= 0.3 is 0 Å². The maximum atomic E-state index is 12.5. The number of carbonyl (C=O) groups excluding carboxylic acids is 1. The smallest absolute Gasteiger partial charge is 0.258 e. The second-order valence-corrected chi connectivity index (χ2v) is 5.98. The minimum Gasteiger partial charge on any atom is -0.496 e. The van der Waals surface area contributed by atoms with Crippen LogP contribution in [0.1, 0.15) is 15.9 Å². The highest BCUT2D eigenvalue weighted by Crippen LogP contribution is 2.28. The first-order valence-electron chi connectivity index (χ1n) is 7.88. The molecule has 0 fully saturated rings. The predicted molar refractivity (Wildman–Crippen MR) is 98.9 cm³/mol. The maximum Gasteiger partial charge on any atom is 0.258 e. The van der Waals surface area contributed by atoms with E-state index in [0.29, 0.717) is 35.1 Å². The van der Waals surface area contributed by atoms with Crippen LogP contribution in [-0.4, -0.2) is 31.7 Å². The number of hydrogen-bond acceptors (Lipinski definition) is 3. The summed E-state index contributed by atoms with van der Waals surface area (Å²) >= 11 is 6.00. The van der Waals surface area contributed by atoms with Crippen LogP contribution in [0.2, 0.25) is 5.02 Å². The minimum absolute atomic E-state index is 0.225. The third-order valence-corrected chi connectivity index (χ3v) is 4.30. The molecule has 25 heavy (non-hydrogen) atoms. The average molecular weight is 359 g/mol. The lowest BCUT2D eigenvalue weighted by Crippen LogP contribution is -2.26. The van der Waals surface area contributed by atoms with Gasteiger partial charge < -0.3 is 19.8 Å². The molecule has 0 saturated carbocycles. The van der Waals surface area contributed by atoms with Crippen molar-refractivity contribution in [1.82, 2.24) is 10.3 Å². The largest absolute Gasteiger partial charge is 0.496 e.